The van der Waals surface area contributed by atoms with Gasteiger partial charge in [0.15, 0.2) is 0 Å². The van der Waals surface area contributed by atoms with Gasteiger partial charge in [0.05, 0.1) is 12.6 Å². The van der Waals surface area contributed by atoms with Crippen molar-refractivity contribution in [2.75, 3.05) is 19.7 Å². The van der Waals surface area contributed by atoms with E-state index in [0.717, 1.165) is 5.56 Å². The van der Waals surface area contributed by atoms with E-state index in [1.165, 1.54) is 0 Å². The number of carbonyl (C=O) groups is 2. The van der Waals surface area contributed by atoms with Gasteiger partial charge in [0, 0.05) is 31.6 Å². The molecule has 24 heavy (non-hydrogen) atoms. The summed E-state index contributed by atoms with van der Waals surface area (Å²) in [5, 5.41) is 12.2. The Morgan fingerprint density at radius 3 is 2.54 bits per heavy atom. The van der Waals surface area contributed by atoms with Gasteiger partial charge in [0.1, 0.15) is 0 Å². The predicted molar refractivity (Wildman–Crippen MR) is 92.3 cm³/mol. The van der Waals surface area contributed by atoms with E-state index in [2.05, 4.69) is 5.32 Å². The molecule has 1 heterocycles. The molecule has 1 fully saturated rings. The minimum absolute atomic E-state index is 0.0598. The van der Waals surface area contributed by atoms with Crippen LogP contribution in [0.1, 0.15) is 32.8 Å². The second kappa shape index (κ2) is 7.66. The predicted octanol–water partition coefficient (Wildman–Crippen LogP) is 1.59. The van der Waals surface area contributed by atoms with Crippen LogP contribution >= 0.6 is 0 Å². The van der Waals surface area contributed by atoms with E-state index in [1.54, 1.807) is 9.80 Å². The summed E-state index contributed by atoms with van der Waals surface area (Å²) in [6, 6.07) is 9.20. The summed E-state index contributed by atoms with van der Waals surface area (Å²) in [5.74, 6) is 0.0598. The summed E-state index contributed by atoms with van der Waals surface area (Å²) in [5.41, 5.74) is 0.755. The second-order valence-corrected chi connectivity index (χ2v) is 7.16. The molecule has 0 bridgehead atoms. The SMILES string of the molecule is CC(C)(C)N1CC(NC(=O)N(CCO)Cc2ccccc2)CC1=O. The summed E-state index contributed by atoms with van der Waals surface area (Å²) in [6.07, 6.45) is 0.321. The van der Waals surface area contributed by atoms with Gasteiger partial charge >= 0.3 is 6.03 Å². The Morgan fingerprint density at radius 2 is 2.00 bits per heavy atom. The quantitative estimate of drug-likeness (QED) is 0.859. The fraction of sp³-hybridized carbons (Fsp3) is 0.556. The lowest BCUT2D eigenvalue weighted by Gasteiger charge is -2.32. The molecule has 6 nitrogen and oxygen atoms in total. The monoisotopic (exact) mass is 333 g/mol. The summed E-state index contributed by atoms with van der Waals surface area (Å²) in [6.45, 7) is 7.07. The Balaban J connectivity index is 1.97. The summed E-state index contributed by atoms with van der Waals surface area (Å²) < 4.78 is 0. The smallest absolute Gasteiger partial charge is 0.318 e. The number of amides is 3. The van der Waals surface area contributed by atoms with Gasteiger partial charge in [0.2, 0.25) is 5.91 Å². The first-order valence-corrected chi connectivity index (χ1v) is 8.32. The molecule has 1 aliphatic heterocycles. The molecule has 0 aromatic heterocycles. The highest BCUT2D eigenvalue weighted by Gasteiger charge is 2.37. The number of aliphatic hydroxyl groups excluding tert-OH is 1. The summed E-state index contributed by atoms with van der Waals surface area (Å²) in [4.78, 5) is 28.0. The largest absolute Gasteiger partial charge is 0.395 e. The summed E-state index contributed by atoms with van der Waals surface area (Å²) >= 11 is 0. The first kappa shape index (κ1) is 18.3. The fourth-order valence-electron chi connectivity index (χ4n) is 2.90. The van der Waals surface area contributed by atoms with Crippen molar-refractivity contribution in [3.05, 3.63) is 35.9 Å². The lowest BCUT2D eigenvalue weighted by Crippen LogP contribution is -2.48. The molecule has 1 aromatic carbocycles. The lowest BCUT2D eigenvalue weighted by atomic mass is 10.1. The highest BCUT2D eigenvalue weighted by Crippen LogP contribution is 2.22. The first-order chi connectivity index (χ1) is 11.3. The second-order valence-electron chi connectivity index (χ2n) is 7.16. The summed E-state index contributed by atoms with van der Waals surface area (Å²) in [7, 11) is 0. The zero-order valence-electron chi connectivity index (χ0n) is 14.7. The van der Waals surface area contributed by atoms with Crippen molar-refractivity contribution in [1.29, 1.82) is 0 Å². The number of hydrogen-bond donors (Lipinski definition) is 2. The Bertz CT molecular complexity index is 569. The molecule has 1 aliphatic rings. The molecular formula is C18H27N3O3. The maximum Gasteiger partial charge on any atom is 0.318 e. The molecule has 6 heteroatoms. The maximum atomic E-state index is 12.5. The van der Waals surface area contributed by atoms with E-state index in [1.807, 2.05) is 51.1 Å². The van der Waals surface area contributed by atoms with Gasteiger partial charge in [-0.25, -0.2) is 4.79 Å². The molecule has 1 unspecified atom stereocenters. The third kappa shape index (κ3) is 4.71. The normalized spacial score (nSPS) is 17.9. The van der Waals surface area contributed by atoms with Crippen LogP contribution in [-0.4, -0.2) is 58.1 Å². The molecule has 0 spiro atoms. The molecule has 0 aliphatic carbocycles. The number of aliphatic hydroxyl groups is 1. The molecule has 2 rings (SSSR count). The number of urea groups is 1. The van der Waals surface area contributed by atoms with Crippen molar-refractivity contribution in [3.8, 4) is 0 Å². The Labute approximate surface area is 143 Å². The molecule has 3 amide bonds. The Kier molecular flexibility index (Phi) is 5.83. The van der Waals surface area contributed by atoms with Crippen molar-refractivity contribution in [3.63, 3.8) is 0 Å². The molecular weight excluding hydrogens is 306 g/mol. The van der Waals surface area contributed by atoms with Crippen molar-refractivity contribution in [2.45, 2.75) is 45.3 Å². The third-order valence-electron chi connectivity index (χ3n) is 4.14. The van der Waals surface area contributed by atoms with Crippen LogP contribution in [0.3, 0.4) is 0 Å². The molecule has 0 radical (unpaired) electrons. The number of benzene rings is 1. The van der Waals surface area contributed by atoms with Crippen molar-refractivity contribution in [2.24, 2.45) is 0 Å². The molecule has 132 valence electrons. The van der Waals surface area contributed by atoms with Crippen LogP contribution in [0, 0.1) is 0 Å². The van der Waals surface area contributed by atoms with E-state index < -0.39 is 0 Å². The van der Waals surface area contributed by atoms with Crippen molar-refractivity contribution < 1.29 is 14.7 Å². The topological polar surface area (TPSA) is 72.9 Å². The van der Waals surface area contributed by atoms with Crippen molar-refractivity contribution in [1.82, 2.24) is 15.1 Å². The van der Waals surface area contributed by atoms with Gasteiger partial charge in [-0.1, -0.05) is 30.3 Å². The number of likely N-dealkylation sites (tertiary alicyclic amines) is 1. The van der Waals surface area contributed by atoms with Gasteiger partial charge in [-0.05, 0) is 26.3 Å². The molecule has 0 saturated carbocycles. The third-order valence-corrected chi connectivity index (χ3v) is 4.14. The van der Waals surface area contributed by atoms with Gasteiger partial charge < -0.3 is 20.2 Å². The van der Waals surface area contributed by atoms with Crippen LogP contribution in [0.15, 0.2) is 30.3 Å². The van der Waals surface area contributed by atoms with E-state index in [4.69, 9.17) is 0 Å². The van der Waals surface area contributed by atoms with Crippen molar-refractivity contribution >= 4 is 11.9 Å². The van der Waals surface area contributed by atoms with Crippen LogP contribution in [-0.2, 0) is 11.3 Å². The minimum Gasteiger partial charge on any atom is -0.395 e. The van der Waals surface area contributed by atoms with Gasteiger partial charge in [-0.15, -0.1) is 0 Å². The number of carbonyl (C=O) groups excluding carboxylic acids is 2. The minimum atomic E-state index is -0.249. The van der Waals surface area contributed by atoms with Crippen LogP contribution in [0.4, 0.5) is 4.79 Å². The first-order valence-electron chi connectivity index (χ1n) is 8.32. The molecule has 2 N–H and O–H groups in total. The van der Waals surface area contributed by atoms with Crippen LogP contribution < -0.4 is 5.32 Å². The number of nitrogens with zero attached hydrogens (tertiary/aromatic N) is 2. The standard InChI is InChI=1S/C18H27N3O3/c1-18(2,3)21-13-15(11-16(21)23)19-17(24)20(9-10-22)12-14-7-5-4-6-8-14/h4-8,15,22H,9-13H2,1-3H3,(H,19,24). The van der Waals surface area contributed by atoms with Crippen LogP contribution in [0.5, 0.6) is 0 Å². The van der Waals surface area contributed by atoms with Gasteiger partial charge in [-0.2, -0.15) is 0 Å². The van der Waals surface area contributed by atoms with E-state index in [0.29, 0.717) is 19.5 Å². The lowest BCUT2D eigenvalue weighted by molar-refractivity contribution is -0.131. The fourth-order valence-corrected chi connectivity index (χ4v) is 2.90. The molecule has 1 atom stereocenters. The number of nitrogens with one attached hydrogen (secondary N) is 1. The average Bonchev–Trinajstić information content (AvgIpc) is 2.88. The Morgan fingerprint density at radius 1 is 1.33 bits per heavy atom. The molecule has 1 aromatic rings. The Hall–Kier alpha value is -2.08. The average molecular weight is 333 g/mol. The van der Waals surface area contributed by atoms with Gasteiger partial charge in [-0.3, -0.25) is 4.79 Å². The zero-order valence-corrected chi connectivity index (χ0v) is 14.7. The van der Waals surface area contributed by atoms with Gasteiger partial charge in [0.25, 0.3) is 0 Å². The van der Waals surface area contributed by atoms with E-state index in [-0.39, 0.29) is 36.7 Å². The molecule has 1 saturated heterocycles. The maximum absolute atomic E-state index is 12.5. The highest BCUT2D eigenvalue weighted by atomic mass is 16.3. The van der Waals surface area contributed by atoms with Crippen LogP contribution in [0.2, 0.25) is 0 Å². The highest BCUT2D eigenvalue weighted by molar-refractivity contribution is 5.82. The van der Waals surface area contributed by atoms with Crippen LogP contribution in [0.25, 0.3) is 0 Å². The number of hydrogen-bond acceptors (Lipinski definition) is 3. The van der Waals surface area contributed by atoms with E-state index in [9.17, 15) is 14.7 Å². The number of rotatable bonds is 5. The zero-order chi connectivity index (χ0) is 17.7. The van der Waals surface area contributed by atoms with E-state index >= 15 is 0 Å².